The third kappa shape index (κ3) is 4.68. The van der Waals surface area contributed by atoms with Crippen molar-refractivity contribution in [3.8, 4) is 0 Å². The van der Waals surface area contributed by atoms with Crippen molar-refractivity contribution in [2.75, 3.05) is 13.1 Å². The molecule has 0 saturated heterocycles. The lowest BCUT2D eigenvalue weighted by molar-refractivity contribution is 0.548. The Labute approximate surface area is 113 Å². The zero-order valence-corrected chi connectivity index (χ0v) is 11.4. The molecule has 94 valence electrons. The molecule has 2 nitrogen and oxygen atoms in total. The zero-order chi connectivity index (χ0) is 12.7. The van der Waals surface area contributed by atoms with Crippen molar-refractivity contribution >= 4 is 23.2 Å². The number of allylic oxidation sites excluding steroid dienone is 1. The van der Waals surface area contributed by atoms with Crippen LogP contribution >= 0.6 is 23.2 Å². The Morgan fingerprint density at radius 3 is 2.76 bits per heavy atom. The average Bonchev–Trinajstić information content (AvgIpc) is 2.31. The Kier molecular flexibility index (Phi) is 6.60. The minimum absolute atomic E-state index is 0.0741. The van der Waals surface area contributed by atoms with Crippen LogP contribution < -0.4 is 11.1 Å². The van der Waals surface area contributed by atoms with Crippen molar-refractivity contribution in [3.63, 3.8) is 0 Å². The highest BCUT2D eigenvalue weighted by molar-refractivity contribution is 6.35. The Hall–Kier alpha value is -0.540. The highest BCUT2D eigenvalue weighted by Gasteiger charge is 2.12. The van der Waals surface area contributed by atoms with Gasteiger partial charge in [-0.25, -0.2) is 0 Å². The van der Waals surface area contributed by atoms with Crippen LogP contribution in [-0.4, -0.2) is 13.1 Å². The minimum atomic E-state index is 0.0741. The van der Waals surface area contributed by atoms with Gasteiger partial charge in [0.25, 0.3) is 0 Å². The van der Waals surface area contributed by atoms with Gasteiger partial charge in [0.05, 0.1) is 0 Å². The summed E-state index contributed by atoms with van der Waals surface area (Å²) in [6, 6.07) is 5.57. The van der Waals surface area contributed by atoms with Crippen molar-refractivity contribution in [1.29, 1.82) is 0 Å². The number of hydrogen-bond acceptors (Lipinski definition) is 2. The molecule has 17 heavy (non-hydrogen) atoms. The van der Waals surface area contributed by atoms with Crippen molar-refractivity contribution in [1.82, 2.24) is 5.32 Å². The molecular formula is C13H18Cl2N2. The number of benzene rings is 1. The molecule has 0 heterocycles. The normalized spacial score (nSPS) is 13.2. The number of halogens is 2. The molecule has 3 N–H and O–H groups in total. The van der Waals surface area contributed by atoms with E-state index in [1.54, 1.807) is 6.07 Å². The lowest BCUT2D eigenvalue weighted by Gasteiger charge is -2.18. The first-order valence-corrected chi connectivity index (χ1v) is 6.44. The topological polar surface area (TPSA) is 38.0 Å². The fourth-order valence-corrected chi connectivity index (χ4v) is 2.15. The monoisotopic (exact) mass is 272 g/mol. The van der Waals surface area contributed by atoms with Gasteiger partial charge in [0, 0.05) is 22.6 Å². The highest BCUT2D eigenvalue weighted by Crippen LogP contribution is 2.25. The lowest BCUT2D eigenvalue weighted by Crippen LogP contribution is -2.29. The van der Waals surface area contributed by atoms with E-state index in [4.69, 9.17) is 28.9 Å². The molecule has 1 aromatic carbocycles. The summed E-state index contributed by atoms with van der Waals surface area (Å²) in [7, 11) is 0. The summed E-state index contributed by atoms with van der Waals surface area (Å²) in [5, 5.41) is 4.68. The Morgan fingerprint density at radius 1 is 1.41 bits per heavy atom. The minimum Gasteiger partial charge on any atom is -0.329 e. The second-order valence-electron chi connectivity index (χ2n) is 3.77. The van der Waals surface area contributed by atoms with Gasteiger partial charge in [-0.1, -0.05) is 41.4 Å². The largest absolute Gasteiger partial charge is 0.329 e. The van der Waals surface area contributed by atoms with Crippen LogP contribution in [0.15, 0.2) is 30.4 Å². The van der Waals surface area contributed by atoms with Crippen LogP contribution in [0.25, 0.3) is 0 Å². The number of rotatable bonds is 6. The van der Waals surface area contributed by atoms with Gasteiger partial charge in [0.15, 0.2) is 0 Å². The second-order valence-corrected chi connectivity index (χ2v) is 4.61. The van der Waals surface area contributed by atoms with E-state index >= 15 is 0 Å². The summed E-state index contributed by atoms with van der Waals surface area (Å²) in [5.74, 6) is 0. The third-order valence-electron chi connectivity index (χ3n) is 2.51. The molecule has 1 atom stereocenters. The van der Waals surface area contributed by atoms with Crippen molar-refractivity contribution in [3.05, 3.63) is 46.0 Å². The maximum Gasteiger partial charge on any atom is 0.0469 e. The smallest absolute Gasteiger partial charge is 0.0469 e. The number of hydrogen-bond donors (Lipinski definition) is 2. The van der Waals surface area contributed by atoms with Gasteiger partial charge in [-0.2, -0.15) is 0 Å². The Morgan fingerprint density at radius 2 is 2.18 bits per heavy atom. The van der Waals surface area contributed by atoms with Crippen LogP contribution in [0.4, 0.5) is 0 Å². The zero-order valence-electron chi connectivity index (χ0n) is 9.92. The average molecular weight is 273 g/mol. The van der Waals surface area contributed by atoms with Crippen LogP contribution in [0, 0.1) is 0 Å². The first-order chi connectivity index (χ1) is 8.19. The van der Waals surface area contributed by atoms with Gasteiger partial charge in [-0.15, -0.1) is 0 Å². The number of nitrogens with one attached hydrogen (secondary N) is 1. The molecule has 0 aliphatic carbocycles. The van der Waals surface area contributed by atoms with Crippen molar-refractivity contribution in [2.24, 2.45) is 5.73 Å². The molecule has 0 saturated carbocycles. The van der Waals surface area contributed by atoms with Crippen LogP contribution in [0.5, 0.6) is 0 Å². The molecule has 0 radical (unpaired) electrons. The van der Waals surface area contributed by atoms with Gasteiger partial charge >= 0.3 is 0 Å². The second kappa shape index (κ2) is 7.72. The first kappa shape index (κ1) is 14.5. The molecule has 0 amide bonds. The molecule has 0 bridgehead atoms. The van der Waals surface area contributed by atoms with E-state index in [9.17, 15) is 0 Å². The summed E-state index contributed by atoms with van der Waals surface area (Å²) >= 11 is 12.0. The summed E-state index contributed by atoms with van der Waals surface area (Å²) in [4.78, 5) is 0. The standard InChI is InChI=1S/C13H18Cl2N2/c1-2-3-4-7-17-13(9-16)11-6-5-10(14)8-12(11)15/h2-3,5-6,8,13,17H,4,7,9,16H2,1H3/b3-2+. The molecule has 1 rings (SSSR count). The van der Waals surface area contributed by atoms with E-state index < -0.39 is 0 Å². The third-order valence-corrected chi connectivity index (χ3v) is 3.07. The van der Waals surface area contributed by atoms with Crippen LogP contribution in [-0.2, 0) is 0 Å². The molecule has 4 heteroatoms. The fraction of sp³-hybridized carbons (Fsp3) is 0.385. The summed E-state index contributed by atoms with van der Waals surface area (Å²) < 4.78 is 0. The van der Waals surface area contributed by atoms with Crippen molar-refractivity contribution < 1.29 is 0 Å². The van der Waals surface area contributed by atoms with E-state index in [1.807, 2.05) is 25.1 Å². The Bertz CT molecular complexity index is 378. The molecule has 0 fully saturated rings. The van der Waals surface area contributed by atoms with Gasteiger partial charge in [0.2, 0.25) is 0 Å². The Balaban J connectivity index is 2.65. The van der Waals surface area contributed by atoms with E-state index in [-0.39, 0.29) is 6.04 Å². The van der Waals surface area contributed by atoms with E-state index in [1.165, 1.54) is 0 Å². The molecule has 0 aliphatic heterocycles. The highest BCUT2D eigenvalue weighted by atomic mass is 35.5. The predicted octanol–water partition coefficient (Wildman–Crippen LogP) is 3.55. The predicted molar refractivity (Wildman–Crippen MR) is 75.7 cm³/mol. The summed E-state index contributed by atoms with van der Waals surface area (Å²) in [6.07, 6.45) is 5.14. The lowest BCUT2D eigenvalue weighted by atomic mass is 10.1. The summed E-state index contributed by atoms with van der Waals surface area (Å²) in [5.41, 5.74) is 6.75. The number of nitrogens with two attached hydrogens (primary N) is 1. The van der Waals surface area contributed by atoms with E-state index in [2.05, 4.69) is 11.4 Å². The van der Waals surface area contributed by atoms with Crippen LogP contribution in [0.1, 0.15) is 24.9 Å². The van der Waals surface area contributed by atoms with Crippen LogP contribution in [0.2, 0.25) is 10.0 Å². The van der Waals surface area contributed by atoms with Crippen LogP contribution in [0.3, 0.4) is 0 Å². The summed E-state index contributed by atoms with van der Waals surface area (Å²) in [6.45, 7) is 3.40. The molecular weight excluding hydrogens is 255 g/mol. The van der Waals surface area contributed by atoms with Gasteiger partial charge < -0.3 is 11.1 Å². The molecule has 0 aliphatic rings. The van der Waals surface area contributed by atoms with Crippen molar-refractivity contribution in [2.45, 2.75) is 19.4 Å². The van der Waals surface area contributed by atoms with E-state index in [0.29, 0.717) is 16.6 Å². The molecule has 0 aromatic heterocycles. The SMILES string of the molecule is C/C=C/CCNC(CN)c1ccc(Cl)cc1Cl. The van der Waals surface area contributed by atoms with E-state index in [0.717, 1.165) is 18.5 Å². The van der Waals surface area contributed by atoms with Gasteiger partial charge in [-0.3, -0.25) is 0 Å². The maximum absolute atomic E-state index is 6.15. The molecule has 1 aromatic rings. The fourth-order valence-electron chi connectivity index (χ4n) is 1.61. The first-order valence-electron chi connectivity index (χ1n) is 5.68. The maximum atomic E-state index is 6.15. The quantitative estimate of drug-likeness (QED) is 0.614. The van der Waals surface area contributed by atoms with Gasteiger partial charge in [-0.05, 0) is 37.6 Å². The molecule has 1 unspecified atom stereocenters. The molecule has 0 spiro atoms. The van der Waals surface area contributed by atoms with Gasteiger partial charge in [0.1, 0.15) is 0 Å².